The Morgan fingerprint density at radius 3 is 2.79 bits per heavy atom. The van der Waals surface area contributed by atoms with E-state index in [1.807, 2.05) is 4.90 Å². The van der Waals surface area contributed by atoms with Crippen LogP contribution in [0, 0.1) is 5.82 Å². The standard InChI is InChI=1S/C21H34FN5O.HI/c1-2-23-21(25-13-15-28-18-8-5-3-4-6-9-18)26-17-11-14-27(16-17)20-19(22)10-7-12-24-20;/h7,10,12,17-18H,2-6,8-9,11,13-16H2,1H3,(H2,23,25,26);1H. The van der Waals surface area contributed by atoms with Gasteiger partial charge in [0.1, 0.15) is 0 Å². The van der Waals surface area contributed by atoms with Gasteiger partial charge < -0.3 is 20.3 Å². The normalized spacial score (nSPS) is 20.8. The summed E-state index contributed by atoms with van der Waals surface area (Å²) in [7, 11) is 0. The highest BCUT2D eigenvalue weighted by atomic mass is 127. The minimum atomic E-state index is -0.264. The van der Waals surface area contributed by atoms with Gasteiger partial charge in [0.25, 0.3) is 0 Å². The quantitative estimate of drug-likeness (QED) is 0.189. The molecule has 0 spiro atoms. The van der Waals surface area contributed by atoms with Gasteiger partial charge in [0, 0.05) is 31.9 Å². The summed E-state index contributed by atoms with van der Waals surface area (Å²) in [6, 6.07) is 3.31. The van der Waals surface area contributed by atoms with Gasteiger partial charge in [-0.05, 0) is 38.3 Å². The van der Waals surface area contributed by atoms with Crippen molar-refractivity contribution >= 4 is 35.8 Å². The smallest absolute Gasteiger partial charge is 0.191 e. The van der Waals surface area contributed by atoms with Crippen molar-refractivity contribution in [3.63, 3.8) is 0 Å². The summed E-state index contributed by atoms with van der Waals surface area (Å²) in [6.07, 6.45) is 10.6. The minimum absolute atomic E-state index is 0. The molecule has 0 radical (unpaired) electrons. The number of ether oxygens (including phenoxy) is 1. The molecule has 0 amide bonds. The van der Waals surface area contributed by atoms with Crippen LogP contribution in [0.15, 0.2) is 23.3 Å². The monoisotopic (exact) mass is 519 g/mol. The zero-order valence-corrected chi connectivity index (χ0v) is 19.7. The molecule has 3 rings (SSSR count). The van der Waals surface area contributed by atoms with E-state index in [0.29, 0.717) is 25.1 Å². The highest BCUT2D eigenvalue weighted by molar-refractivity contribution is 14.0. The number of hydrogen-bond donors (Lipinski definition) is 2. The molecule has 1 aliphatic heterocycles. The lowest BCUT2D eigenvalue weighted by atomic mass is 10.1. The molecule has 1 aliphatic carbocycles. The van der Waals surface area contributed by atoms with Gasteiger partial charge in [0.15, 0.2) is 17.6 Å². The van der Waals surface area contributed by atoms with Crippen LogP contribution in [0.1, 0.15) is 51.9 Å². The van der Waals surface area contributed by atoms with Crippen LogP contribution in [0.3, 0.4) is 0 Å². The highest BCUT2D eigenvalue weighted by Crippen LogP contribution is 2.21. The Morgan fingerprint density at radius 1 is 1.28 bits per heavy atom. The van der Waals surface area contributed by atoms with Crippen LogP contribution < -0.4 is 15.5 Å². The molecule has 6 nitrogen and oxygen atoms in total. The Balaban J connectivity index is 0.00000300. The van der Waals surface area contributed by atoms with E-state index in [2.05, 4.69) is 27.5 Å². The molecule has 0 bridgehead atoms. The van der Waals surface area contributed by atoms with Crippen LogP contribution in [0.5, 0.6) is 0 Å². The molecule has 1 aromatic rings. The van der Waals surface area contributed by atoms with Gasteiger partial charge in [0.2, 0.25) is 0 Å². The van der Waals surface area contributed by atoms with Crippen LogP contribution in [-0.2, 0) is 4.74 Å². The lowest BCUT2D eigenvalue weighted by Gasteiger charge is -2.20. The highest BCUT2D eigenvalue weighted by Gasteiger charge is 2.25. The van der Waals surface area contributed by atoms with E-state index in [4.69, 9.17) is 4.74 Å². The number of nitrogens with one attached hydrogen (secondary N) is 2. The number of guanidine groups is 1. The maximum Gasteiger partial charge on any atom is 0.191 e. The Hall–Kier alpha value is -1.16. The zero-order valence-electron chi connectivity index (χ0n) is 17.4. The second kappa shape index (κ2) is 13.2. The predicted molar refractivity (Wildman–Crippen MR) is 127 cm³/mol. The average molecular weight is 519 g/mol. The number of aliphatic imine (C=N–C) groups is 1. The third kappa shape index (κ3) is 7.88. The van der Waals surface area contributed by atoms with E-state index in [-0.39, 0.29) is 35.8 Å². The van der Waals surface area contributed by atoms with Crippen molar-refractivity contribution in [3.05, 3.63) is 24.1 Å². The summed E-state index contributed by atoms with van der Waals surface area (Å²) in [5, 5.41) is 6.78. The van der Waals surface area contributed by atoms with E-state index in [9.17, 15) is 4.39 Å². The molecule has 0 aromatic carbocycles. The van der Waals surface area contributed by atoms with Crippen molar-refractivity contribution in [1.29, 1.82) is 0 Å². The van der Waals surface area contributed by atoms with Gasteiger partial charge in [0.05, 0.1) is 19.3 Å². The van der Waals surface area contributed by atoms with Gasteiger partial charge >= 0.3 is 0 Å². The Bertz CT molecular complexity index is 625. The van der Waals surface area contributed by atoms with E-state index in [1.54, 1.807) is 12.3 Å². The number of rotatable bonds is 7. The lowest BCUT2D eigenvalue weighted by molar-refractivity contribution is 0.0487. The molecule has 2 aliphatic rings. The molecule has 1 saturated heterocycles. The van der Waals surface area contributed by atoms with Gasteiger partial charge in [-0.3, -0.25) is 4.99 Å². The van der Waals surface area contributed by atoms with Gasteiger partial charge in [-0.25, -0.2) is 9.37 Å². The number of anilines is 1. The second-order valence-corrected chi connectivity index (χ2v) is 7.63. The van der Waals surface area contributed by atoms with E-state index >= 15 is 0 Å². The fourth-order valence-corrected chi connectivity index (χ4v) is 3.98. The van der Waals surface area contributed by atoms with Crippen molar-refractivity contribution in [2.75, 3.05) is 37.7 Å². The molecule has 1 aromatic heterocycles. The van der Waals surface area contributed by atoms with Crippen molar-refractivity contribution in [3.8, 4) is 0 Å². The SMILES string of the molecule is CCNC(=NCCOC1CCCCCC1)NC1CCN(c2ncccc2F)C1.I. The van der Waals surface area contributed by atoms with E-state index in [0.717, 1.165) is 32.0 Å². The van der Waals surface area contributed by atoms with Crippen LogP contribution in [-0.4, -0.2) is 55.9 Å². The molecular formula is C21H35FIN5O. The molecule has 2 N–H and O–H groups in total. The van der Waals surface area contributed by atoms with Crippen molar-refractivity contribution in [1.82, 2.24) is 15.6 Å². The van der Waals surface area contributed by atoms with Crippen molar-refractivity contribution < 1.29 is 9.13 Å². The van der Waals surface area contributed by atoms with Crippen LogP contribution >= 0.6 is 24.0 Å². The van der Waals surface area contributed by atoms with Crippen LogP contribution in [0.4, 0.5) is 10.2 Å². The number of hydrogen-bond acceptors (Lipinski definition) is 4. The third-order valence-corrected chi connectivity index (χ3v) is 5.43. The lowest BCUT2D eigenvalue weighted by Crippen LogP contribution is -2.45. The summed E-state index contributed by atoms with van der Waals surface area (Å²) < 4.78 is 20.0. The fraction of sp³-hybridized carbons (Fsp3) is 0.714. The predicted octanol–water partition coefficient (Wildman–Crippen LogP) is 3.71. The number of aromatic nitrogens is 1. The van der Waals surface area contributed by atoms with Crippen LogP contribution in [0.25, 0.3) is 0 Å². The Labute approximate surface area is 191 Å². The van der Waals surface area contributed by atoms with Gasteiger partial charge in [-0.1, -0.05) is 25.7 Å². The van der Waals surface area contributed by atoms with Crippen LogP contribution in [0.2, 0.25) is 0 Å². The molecule has 2 fully saturated rings. The van der Waals surface area contributed by atoms with E-state index in [1.165, 1.54) is 44.6 Å². The molecule has 164 valence electrons. The van der Waals surface area contributed by atoms with E-state index < -0.39 is 0 Å². The summed E-state index contributed by atoms with van der Waals surface area (Å²) >= 11 is 0. The van der Waals surface area contributed by atoms with Gasteiger partial charge in [-0.15, -0.1) is 24.0 Å². The molecule has 1 atom stereocenters. The second-order valence-electron chi connectivity index (χ2n) is 7.63. The first-order chi connectivity index (χ1) is 13.8. The number of pyridine rings is 1. The first kappa shape index (κ1) is 24.1. The Kier molecular flexibility index (Phi) is 11.0. The van der Waals surface area contributed by atoms with Crippen molar-refractivity contribution in [2.24, 2.45) is 4.99 Å². The first-order valence-electron chi connectivity index (χ1n) is 10.8. The molecule has 2 heterocycles. The Morgan fingerprint density at radius 2 is 2.07 bits per heavy atom. The first-order valence-corrected chi connectivity index (χ1v) is 10.8. The summed E-state index contributed by atoms with van der Waals surface area (Å²) in [4.78, 5) is 10.8. The summed E-state index contributed by atoms with van der Waals surface area (Å²) in [5.74, 6) is 0.977. The maximum atomic E-state index is 14.0. The molecular weight excluding hydrogens is 484 g/mol. The van der Waals surface area contributed by atoms with Crippen molar-refractivity contribution in [2.45, 2.75) is 64.0 Å². The summed E-state index contributed by atoms with van der Waals surface area (Å²) in [6.45, 7) is 5.69. The summed E-state index contributed by atoms with van der Waals surface area (Å²) in [5.41, 5.74) is 0. The zero-order chi connectivity index (χ0) is 19.6. The molecule has 1 saturated carbocycles. The number of halogens is 2. The maximum absolute atomic E-state index is 14.0. The largest absolute Gasteiger partial charge is 0.376 e. The fourth-order valence-electron chi connectivity index (χ4n) is 3.98. The molecule has 8 heteroatoms. The molecule has 29 heavy (non-hydrogen) atoms. The average Bonchev–Trinajstić information content (AvgIpc) is 2.99. The molecule has 1 unspecified atom stereocenters. The number of nitrogens with zero attached hydrogens (tertiary/aromatic N) is 3. The van der Waals surface area contributed by atoms with Gasteiger partial charge in [-0.2, -0.15) is 0 Å². The minimum Gasteiger partial charge on any atom is -0.376 e. The third-order valence-electron chi connectivity index (χ3n) is 5.43. The topological polar surface area (TPSA) is 61.8 Å².